The van der Waals surface area contributed by atoms with Gasteiger partial charge in [0.25, 0.3) is 0 Å². The Morgan fingerprint density at radius 2 is 1.62 bits per heavy atom. The van der Waals surface area contributed by atoms with Crippen LogP contribution in [0.25, 0.3) is 0 Å². The van der Waals surface area contributed by atoms with E-state index < -0.39 is 24.0 Å². The lowest BCUT2D eigenvalue weighted by Gasteiger charge is -2.28. The molecule has 2 nitrogen and oxygen atoms in total. The Morgan fingerprint density at radius 3 is 2.00 bits per heavy atom. The van der Waals surface area contributed by atoms with Gasteiger partial charge in [-0.3, -0.25) is 4.79 Å². The summed E-state index contributed by atoms with van der Waals surface area (Å²) in [7, 11) is 0. The molecule has 0 saturated heterocycles. The van der Waals surface area contributed by atoms with Crippen molar-refractivity contribution in [3.63, 3.8) is 0 Å². The smallest absolute Gasteiger partial charge is 0.389 e. The Balaban J connectivity index is 2.67. The molecule has 94 valence electrons. The fraction of sp³-hybridized carbons (Fsp3) is 0.909. The number of carboxylic acids is 1. The van der Waals surface area contributed by atoms with Crippen molar-refractivity contribution in [2.75, 3.05) is 0 Å². The summed E-state index contributed by atoms with van der Waals surface area (Å²) in [6, 6.07) is 0. The van der Waals surface area contributed by atoms with Gasteiger partial charge in [0.05, 0.1) is 5.41 Å². The Kier molecular flexibility index (Phi) is 4.21. The van der Waals surface area contributed by atoms with Crippen LogP contribution in [0.1, 0.15) is 51.4 Å². The van der Waals surface area contributed by atoms with Gasteiger partial charge >= 0.3 is 12.1 Å². The third-order valence-electron chi connectivity index (χ3n) is 3.40. The number of hydrogen-bond donors (Lipinski definition) is 1. The van der Waals surface area contributed by atoms with Crippen LogP contribution in [0, 0.1) is 5.41 Å². The first-order valence-corrected chi connectivity index (χ1v) is 5.66. The number of alkyl halides is 3. The third-order valence-corrected chi connectivity index (χ3v) is 3.40. The van der Waals surface area contributed by atoms with Crippen molar-refractivity contribution in [3.8, 4) is 0 Å². The van der Waals surface area contributed by atoms with Crippen LogP contribution in [0.4, 0.5) is 13.2 Å². The highest BCUT2D eigenvalue weighted by Crippen LogP contribution is 2.41. The molecule has 0 aliphatic heterocycles. The fourth-order valence-electron chi connectivity index (χ4n) is 2.36. The molecule has 0 radical (unpaired) electrons. The number of hydrogen-bond acceptors (Lipinski definition) is 1. The summed E-state index contributed by atoms with van der Waals surface area (Å²) in [5.41, 5.74) is -1.13. The van der Waals surface area contributed by atoms with E-state index in [-0.39, 0.29) is 6.42 Å². The lowest BCUT2D eigenvalue weighted by molar-refractivity contribution is -0.159. The number of halogens is 3. The first-order chi connectivity index (χ1) is 7.36. The van der Waals surface area contributed by atoms with Crippen LogP contribution in [0.15, 0.2) is 0 Å². The molecule has 0 unspecified atom stereocenters. The summed E-state index contributed by atoms with van der Waals surface area (Å²) in [5.74, 6) is -1.06. The van der Waals surface area contributed by atoms with Crippen LogP contribution < -0.4 is 0 Å². The summed E-state index contributed by atoms with van der Waals surface area (Å²) in [4.78, 5) is 11.2. The van der Waals surface area contributed by atoms with E-state index >= 15 is 0 Å². The van der Waals surface area contributed by atoms with Gasteiger partial charge in [0.1, 0.15) is 0 Å². The zero-order chi connectivity index (χ0) is 12.2. The summed E-state index contributed by atoms with van der Waals surface area (Å²) >= 11 is 0. The lowest BCUT2D eigenvalue weighted by Crippen LogP contribution is -2.32. The molecule has 1 saturated carbocycles. The molecule has 0 aromatic carbocycles. The lowest BCUT2D eigenvalue weighted by atomic mass is 9.76. The Labute approximate surface area is 92.8 Å². The van der Waals surface area contributed by atoms with E-state index in [1.54, 1.807) is 0 Å². The average molecular weight is 238 g/mol. The quantitative estimate of drug-likeness (QED) is 0.760. The van der Waals surface area contributed by atoms with Crippen LogP contribution >= 0.6 is 0 Å². The van der Waals surface area contributed by atoms with Crippen molar-refractivity contribution in [1.82, 2.24) is 0 Å². The first kappa shape index (κ1) is 13.3. The minimum absolute atomic E-state index is 0.272. The maximum atomic E-state index is 12.2. The minimum Gasteiger partial charge on any atom is -0.481 e. The molecule has 16 heavy (non-hydrogen) atoms. The predicted molar refractivity (Wildman–Crippen MR) is 53.1 cm³/mol. The number of rotatable bonds is 3. The molecule has 1 aliphatic carbocycles. The van der Waals surface area contributed by atoms with Crippen molar-refractivity contribution >= 4 is 5.97 Å². The van der Waals surface area contributed by atoms with E-state index in [9.17, 15) is 18.0 Å². The molecule has 0 bridgehead atoms. The SMILES string of the molecule is O=C(O)C1(CCC(F)(F)F)CCCCCC1. The maximum absolute atomic E-state index is 12.2. The van der Waals surface area contributed by atoms with Gasteiger partial charge in [0.2, 0.25) is 0 Å². The minimum atomic E-state index is -4.26. The highest BCUT2D eigenvalue weighted by atomic mass is 19.4. The summed E-state index contributed by atoms with van der Waals surface area (Å²) < 4.78 is 36.5. The molecule has 1 N–H and O–H groups in total. The molecule has 0 aromatic rings. The molecule has 5 heteroatoms. The highest BCUT2D eigenvalue weighted by molar-refractivity contribution is 5.74. The van der Waals surface area contributed by atoms with E-state index in [4.69, 9.17) is 5.11 Å². The summed E-state index contributed by atoms with van der Waals surface area (Å²) in [6.07, 6.45) is -1.42. The standard InChI is InChI=1S/C11H17F3O2/c12-11(13,14)8-7-10(9(15)16)5-3-1-2-4-6-10/h1-8H2,(H,15,16). The molecule has 0 heterocycles. The van der Waals surface area contributed by atoms with Crippen LogP contribution in [-0.4, -0.2) is 17.3 Å². The topological polar surface area (TPSA) is 37.3 Å². The number of aliphatic carboxylic acids is 1. The third kappa shape index (κ3) is 3.68. The first-order valence-electron chi connectivity index (χ1n) is 5.66. The second-order valence-electron chi connectivity index (χ2n) is 4.61. The van der Waals surface area contributed by atoms with Crippen molar-refractivity contribution in [2.24, 2.45) is 5.41 Å². The second kappa shape index (κ2) is 5.06. The Hall–Kier alpha value is -0.740. The van der Waals surface area contributed by atoms with E-state index in [1.807, 2.05) is 0 Å². The second-order valence-corrected chi connectivity index (χ2v) is 4.61. The molecule has 0 amide bonds. The molecule has 0 atom stereocenters. The molecule has 1 aliphatic rings. The molecular weight excluding hydrogens is 221 g/mol. The maximum Gasteiger partial charge on any atom is 0.389 e. The van der Waals surface area contributed by atoms with Gasteiger partial charge in [-0.1, -0.05) is 25.7 Å². The molecule has 0 aromatic heterocycles. The number of carboxylic acid groups (broad SMARTS) is 1. The predicted octanol–water partition coefficient (Wildman–Crippen LogP) is 3.75. The molecular formula is C11H17F3O2. The number of carbonyl (C=O) groups is 1. The van der Waals surface area contributed by atoms with Crippen LogP contribution in [-0.2, 0) is 4.79 Å². The van der Waals surface area contributed by atoms with Crippen LogP contribution in [0.3, 0.4) is 0 Å². The van der Waals surface area contributed by atoms with E-state index in [0.29, 0.717) is 12.8 Å². The zero-order valence-electron chi connectivity index (χ0n) is 9.15. The molecule has 1 rings (SSSR count). The zero-order valence-corrected chi connectivity index (χ0v) is 9.15. The Morgan fingerprint density at radius 1 is 1.12 bits per heavy atom. The van der Waals surface area contributed by atoms with E-state index in [0.717, 1.165) is 25.7 Å². The largest absolute Gasteiger partial charge is 0.481 e. The summed E-state index contributed by atoms with van der Waals surface area (Å²) in [5, 5.41) is 9.14. The van der Waals surface area contributed by atoms with Gasteiger partial charge in [-0.05, 0) is 19.3 Å². The van der Waals surface area contributed by atoms with Gasteiger partial charge in [-0.25, -0.2) is 0 Å². The van der Waals surface area contributed by atoms with Crippen molar-refractivity contribution in [3.05, 3.63) is 0 Å². The van der Waals surface area contributed by atoms with E-state index in [1.165, 1.54) is 0 Å². The van der Waals surface area contributed by atoms with Crippen LogP contribution in [0.2, 0.25) is 0 Å². The van der Waals surface area contributed by atoms with Gasteiger partial charge in [0, 0.05) is 6.42 Å². The van der Waals surface area contributed by atoms with Crippen molar-refractivity contribution in [1.29, 1.82) is 0 Å². The average Bonchev–Trinajstić information content (AvgIpc) is 2.39. The van der Waals surface area contributed by atoms with Gasteiger partial charge in [-0.2, -0.15) is 13.2 Å². The van der Waals surface area contributed by atoms with Crippen molar-refractivity contribution in [2.45, 2.75) is 57.5 Å². The molecule has 0 spiro atoms. The highest BCUT2D eigenvalue weighted by Gasteiger charge is 2.41. The normalized spacial score (nSPS) is 21.4. The fourth-order valence-corrected chi connectivity index (χ4v) is 2.36. The van der Waals surface area contributed by atoms with Gasteiger partial charge in [0.15, 0.2) is 0 Å². The van der Waals surface area contributed by atoms with Crippen molar-refractivity contribution < 1.29 is 23.1 Å². The summed E-state index contributed by atoms with van der Waals surface area (Å²) in [6.45, 7) is 0. The monoisotopic (exact) mass is 238 g/mol. The Bertz CT molecular complexity index is 240. The van der Waals surface area contributed by atoms with E-state index in [2.05, 4.69) is 0 Å². The van der Waals surface area contributed by atoms with Gasteiger partial charge < -0.3 is 5.11 Å². The van der Waals surface area contributed by atoms with Gasteiger partial charge in [-0.15, -0.1) is 0 Å². The molecule has 1 fully saturated rings. The van der Waals surface area contributed by atoms with Crippen LogP contribution in [0.5, 0.6) is 0 Å².